The van der Waals surface area contributed by atoms with Crippen LogP contribution in [0.15, 0.2) is 42.5 Å². The maximum atomic E-state index is 3.36. The summed E-state index contributed by atoms with van der Waals surface area (Å²) in [6, 6.07) is 10.6. The number of allylic oxidation sites excluding steroid dienone is 1. The fourth-order valence-electron chi connectivity index (χ4n) is 1.13. The summed E-state index contributed by atoms with van der Waals surface area (Å²) in [5, 5.41) is 3.36. The molecule has 64 valence electrons. The van der Waals surface area contributed by atoms with Gasteiger partial charge in [0, 0.05) is 11.7 Å². The van der Waals surface area contributed by atoms with Crippen LogP contribution < -0.4 is 5.32 Å². The number of para-hydroxylation sites is 1. The number of hydrogen-bond acceptors (Lipinski definition) is 1. The van der Waals surface area contributed by atoms with Crippen LogP contribution >= 0.6 is 0 Å². The maximum absolute atomic E-state index is 3.36. The van der Waals surface area contributed by atoms with Crippen molar-refractivity contribution in [3.63, 3.8) is 0 Å². The first-order chi connectivity index (χ1) is 5.83. The summed E-state index contributed by atoms with van der Waals surface area (Å²) in [5.41, 5.74) is 1.17. The Bertz CT molecular complexity index is 238. The lowest BCUT2D eigenvalue weighted by molar-refractivity contribution is 0.995. The molecular weight excluding hydrogens is 146 g/mol. The molecule has 1 heteroatoms. The highest BCUT2D eigenvalue weighted by Gasteiger charge is 1.93. The summed E-state index contributed by atoms with van der Waals surface area (Å²) in [6.07, 6.45) is 4.19. The molecule has 1 nitrogen and oxygen atoms in total. The fraction of sp³-hybridized carbons (Fsp3) is 0.273. The van der Waals surface area contributed by atoms with Crippen molar-refractivity contribution in [3.8, 4) is 0 Å². The van der Waals surface area contributed by atoms with E-state index in [1.807, 2.05) is 25.1 Å². The minimum atomic E-state index is 0.400. The molecule has 12 heavy (non-hydrogen) atoms. The lowest BCUT2D eigenvalue weighted by Gasteiger charge is -2.10. The fourth-order valence-corrected chi connectivity index (χ4v) is 1.13. The SMILES string of the molecule is C/C=C\C(C)Nc1ccccc1. The second-order valence-electron chi connectivity index (χ2n) is 2.82. The number of rotatable bonds is 3. The first-order valence-electron chi connectivity index (χ1n) is 4.27. The zero-order valence-electron chi connectivity index (χ0n) is 7.62. The van der Waals surface area contributed by atoms with Gasteiger partial charge in [-0.05, 0) is 26.0 Å². The molecule has 0 fully saturated rings. The molecule has 1 rings (SSSR count). The van der Waals surface area contributed by atoms with Crippen molar-refractivity contribution in [1.82, 2.24) is 0 Å². The van der Waals surface area contributed by atoms with Gasteiger partial charge in [0.05, 0.1) is 0 Å². The minimum Gasteiger partial charge on any atom is -0.379 e. The van der Waals surface area contributed by atoms with E-state index >= 15 is 0 Å². The average molecular weight is 161 g/mol. The molecule has 0 aromatic heterocycles. The number of nitrogens with one attached hydrogen (secondary N) is 1. The molecule has 0 spiro atoms. The van der Waals surface area contributed by atoms with Crippen LogP contribution in [0.3, 0.4) is 0 Å². The normalized spacial score (nSPS) is 13.2. The minimum absolute atomic E-state index is 0.400. The topological polar surface area (TPSA) is 12.0 Å². The maximum Gasteiger partial charge on any atom is 0.0416 e. The molecule has 0 aliphatic carbocycles. The standard InChI is InChI=1S/C11H15N/c1-3-7-10(2)12-11-8-5-4-6-9-11/h3-10,12H,1-2H3/b7-3-. The second-order valence-corrected chi connectivity index (χ2v) is 2.82. The van der Waals surface area contributed by atoms with Gasteiger partial charge in [-0.2, -0.15) is 0 Å². The molecule has 1 unspecified atom stereocenters. The van der Waals surface area contributed by atoms with Gasteiger partial charge in [-0.15, -0.1) is 0 Å². The highest BCUT2D eigenvalue weighted by molar-refractivity contribution is 5.44. The van der Waals surface area contributed by atoms with E-state index in [0.717, 1.165) is 0 Å². The van der Waals surface area contributed by atoms with Crippen LogP contribution in [0.25, 0.3) is 0 Å². The molecule has 0 amide bonds. The van der Waals surface area contributed by atoms with E-state index in [9.17, 15) is 0 Å². The molecule has 0 aliphatic rings. The van der Waals surface area contributed by atoms with Gasteiger partial charge in [0.25, 0.3) is 0 Å². The van der Waals surface area contributed by atoms with Crippen LogP contribution in [-0.2, 0) is 0 Å². The van der Waals surface area contributed by atoms with Gasteiger partial charge in [-0.25, -0.2) is 0 Å². The molecule has 0 bridgehead atoms. The Balaban J connectivity index is 2.52. The summed E-state index contributed by atoms with van der Waals surface area (Å²) in [5.74, 6) is 0. The van der Waals surface area contributed by atoms with E-state index in [2.05, 4.69) is 36.5 Å². The lowest BCUT2D eigenvalue weighted by Crippen LogP contribution is -2.11. The van der Waals surface area contributed by atoms with E-state index < -0.39 is 0 Å². The highest BCUT2D eigenvalue weighted by Crippen LogP contribution is 2.06. The Kier molecular flexibility index (Phi) is 3.39. The molecule has 1 N–H and O–H groups in total. The van der Waals surface area contributed by atoms with Crippen LogP contribution in [-0.4, -0.2) is 6.04 Å². The van der Waals surface area contributed by atoms with Crippen molar-refractivity contribution in [2.24, 2.45) is 0 Å². The Labute approximate surface area is 74.1 Å². The van der Waals surface area contributed by atoms with Gasteiger partial charge in [-0.3, -0.25) is 0 Å². The van der Waals surface area contributed by atoms with E-state index in [0.29, 0.717) is 6.04 Å². The predicted octanol–water partition coefficient (Wildman–Crippen LogP) is 3.06. The van der Waals surface area contributed by atoms with Crippen molar-refractivity contribution in [1.29, 1.82) is 0 Å². The van der Waals surface area contributed by atoms with Crippen molar-refractivity contribution in [3.05, 3.63) is 42.5 Å². The van der Waals surface area contributed by atoms with Crippen LogP contribution in [0.2, 0.25) is 0 Å². The molecule has 0 saturated carbocycles. The molecule has 1 atom stereocenters. The highest BCUT2D eigenvalue weighted by atomic mass is 14.9. The van der Waals surface area contributed by atoms with E-state index in [4.69, 9.17) is 0 Å². The largest absolute Gasteiger partial charge is 0.379 e. The Hall–Kier alpha value is -1.24. The average Bonchev–Trinajstić information content (AvgIpc) is 2.06. The van der Waals surface area contributed by atoms with Gasteiger partial charge in [0.1, 0.15) is 0 Å². The van der Waals surface area contributed by atoms with Crippen molar-refractivity contribution < 1.29 is 0 Å². The van der Waals surface area contributed by atoms with Gasteiger partial charge in [0.2, 0.25) is 0 Å². The first kappa shape index (κ1) is 8.85. The quantitative estimate of drug-likeness (QED) is 0.672. The van der Waals surface area contributed by atoms with Gasteiger partial charge >= 0.3 is 0 Å². The van der Waals surface area contributed by atoms with Gasteiger partial charge in [0.15, 0.2) is 0 Å². The summed E-state index contributed by atoms with van der Waals surface area (Å²) in [4.78, 5) is 0. The van der Waals surface area contributed by atoms with Crippen molar-refractivity contribution in [2.75, 3.05) is 5.32 Å². The number of benzene rings is 1. The molecule has 0 radical (unpaired) electrons. The lowest BCUT2D eigenvalue weighted by atomic mass is 10.2. The van der Waals surface area contributed by atoms with Gasteiger partial charge in [-0.1, -0.05) is 30.4 Å². The number of hydrogen-bond donors (Lipinski definition) is 1. The Morgan fingerprint density at radius 2 is 1.92 bits per heavy atom. The smallest absolute Gasteiger partial charge is 0.0416 e. The summed E-state index contributed by atoms with van der Waals surface area (Å²) in [7, 11) is 0. The monoisotopic (exact) mass is 161 g/mol. The second kappa shape index (κ2) is 4.60. The molecule has 1 aromatic carbocycles. The number of anilines is 1. The first-order valence-corrected chi connectivity index (χ1v) is 4.27. The third kappa shape index (κ3) is 2.79. The third-order valence-corrected chi connectivity index (χ3v) is 1.65. The van der Waals surface area contributed by atoms with E-state index in [-0.39, 0.29) is 0 Å². The molecule has 1 aromatic rings. The van der Waals surface area contributed by atoms with Crippen LogP contribution in [0.1, 0.15) is 13.8 Å². The molecular formula is C11H15N. The van der Waals surface area contributed by atoms with Crippen molar-refractivity contribution in [2.45, 2.75) is 19.9 Å². The predicted molar refractivity (Wildman–Crippen MR) is 54.3 cm³/mol. The van der Waals surface area contributed by atoms with Crippen LogP contribution in [0, 0.1) is 0 Å². The van der Waals surface area contributed by atoms with Gasteiger partial charge < -0.3 is 5.32 Å². The molecule has 0 heterocycles. The summed E-state index contributed by atoms with van der Waals surface area (Å²) < 4.78 is 0. The van der Waals surface area contributed by atoms with Crippen LogP contribution in [0.4, 0.5) is 5.69 Å². The molecule has 0 saturated heterocycles. The molecule has 0 aliphatic heterocycles. The Morgan fingerprint density at radius 1 is 1.25 bits per heavy atom. The summed E-state index contributed by atoms with van der Waals surface area (Å²) in [6.45, 7) is 4.16. The van der Waals surface area contributed by atoms with Crippen LogP contribution in [0.5, 0.6) is 0 Å². The van der Waals surface area contributed by atoms with E-state index in [1.54, 1.807) is 0 Å². The summed E-state index contributed by atoms with van der Waals surface area (Å²) >= 11 is 0. The van der Waals surface area contributed by atoms with E-state index in [1.165, 1.54) is 5.69 Å². The Morgan fingerprint density at radius 3 is 2.50 bits per heavy atom. The zero-order valence-corrected chi connectivity index (χ0v) is 7.62. The van der Waals surface area contributed by atoms with Crippen molar-refractivity contribution >= 4 is 5.69 Å². The zero-order chi connectivity index (χ0) is 8.81. The third-order valence-electron chi connectivity index (χ3n) is 1.65.